The fraction of sp³-hybridized carbons (Fsp3) is 0.364. The number of halogens is 1. The van der Waals surface area contributed by atoms with Crippen LogP contribution in [0.3, 0.4) is 0 Å². The van der Waals surface area contributed by atoms with E-state index in [-0.39, 0.29) is 11.3 Å². The molecule has 1 aromatic rings. The Labute approximate surface area is 93.6 Å². The predicted molar refractivity (Wildman–Crippen MR) is 59.0 cm³/mol. The molecule has 0 saturated heterocycles. The van der Waals surface area contributed by atoms with Crippen LogP contribution in [0.4, 0.5) is 4.39 Å². The maximum atomic E-state index is 13.3. The van der Waals surface area contributed by atoms with Crippen molar-refractivity contribution in [3.8, 4) is 5.75 Å². The van der Waals surface area contributed by atoms with Gasteiger partial charge in [-0.1, -0.05) is 13.0 Å². The second-order valence-corrected chi connectivity index (χ2v) is 3.18. The van der Waals surface area contributed by atoms with Crippen molar-refractivity contribution in [2.24, 2.45) is 5.73 Å². The Bertz CT molecular complexity index is 369. The number of hydrogen-bond donors (Lipinski definition) is 2. The first-order chi connectivity index (χ1) is 7.66. The Kier molecular flexibility index (Phi) is 4.72. The van der Waals surface area contributed by atoms with Gasteiger partial charge in [0.05, 0.1) is 0 Å². The molecule has 0 aliphatic carbocycles. The van der Waals surface area contributed by atoms with Crippen molar-refractivity contribution >= 4 is 5.91 Å². The van der Waals surface area contributed by atoms with Gasteiger partial charge >= 0.3 is 0 Å². The molecule has 0 aliphatic rings. The third kappa shape index (κ3) is 3.20. The highest BCUT2D eigenvalue weighted by Gasteiger charge is 2.14. The van der Waals surface area contributed by atoms with Crippen LogP contribution in [0.5, 0.6) is 5.75 Å². The van der Waals surface area contributed by atoms with Crippen molar-refractivity contribution < 1.29 is 13.9 Å². The number of primary amides is 1. The van der Waals surface area contributed by atoms with Gasteiger partial charge in [-0.2, -0.15) is 0 Å². The fourth-order valence-electron chi connectivity index (χ4n) is 1.27. The fourth-order valence-corrected chi connectivity index (χ4v) is 1.27. The molecule has 0 atom stereocenters. The van der Waals surface area contributed by atoms with Crippen LogP contribution < -0.4 is 15.8 Å². The molecule has 0 unspecified atom stereocenters. The summed E-state index contributed by atoms with van der Waals surface area (Å²) in [6.45, 7) is 3.79. The van der Waals surface area contributed by atoms with Gasteiger partial charge in [-0.3, -0.25) is 4.79 Å². The normalized spacial score (nSPS) is 10.1. The van der Waals surface area contributed by atoms with E-state index in [1.807, 2.05) is 6.92 Å². The monoisotopic (exact) mass is 226 g/mol. The minimum Gasteiger partial charge on any atom is -0.491 e. The molecule has 0 heterocycles. The van der Waals surface area contributed by atoms with E-state index in [1.165, 1.54) is 18.2 Å². The molecule has 0 aromatic heterocycles. The largest absolute Gasteiger partial charge is 0.491 e. The van der Waals surface area contributed by atoms with Crippen molar-refractivity contribution in [2.75, 3.05) is 19.7 Å². The molecule has 5 heteroatoms. The Hall–Kier alpha value is -1.62. The molecule has 0 bridgehead atoms. The number of ether oxygens (including phenoxy) is 1. The average molecular weight is 226 g/mol. The lowest BCUT2D eigenvalue weighted by Gasteiger charge is -2.10. The molecule has 1 rings (SSSR count). The molecular weight excluding hydrogens is 211 g/mol. The molecule has 0 fully saturated rings. The molecule has 1 amide bonds. The zero-order valence-electron chi connectivity index (χ0n) is 9.13. The number of rotatable bonds is 6. The number of carbonyl (C=O) groups is 1. The van der Waals surface area contributed by atoms with Crippen LogP contribution in [-0.4, -0.2) is 25.6 Å². The number of hydrogen-bond acceptors (Lipinski definition) is 3. The van der Waals surface area contributed by atoms with Gasteiger partial charge in [-0.25, -0.2) is 4.39 Å². The summed E-state index contributed by atoms with van der Waals surface area (Å²) >= 11 is 0. The van der Waals surface area contributed by atoms with E-state index in [1.54, 1.807) is 0 Å². The van der Waals surface area contributed by atoms with Crippen LogP contribution in [0.25, 0.3) is 0 Å². The van der Waals surface area contributed by atoms with Crippen LogP contribution in [0.15, 0.2) is 18.2 Å². The molecule has 3 N–H and O–H groups in total. The predicted octanol–water partition coefficient (Wildman–Crippen LogP) is 0.913. The van der Waals surface area contributed by atoms with E-state index in [4.69, 9.17) is 10.5 Å². The average Bonchev–Trinajstić information content (AvgIpc) is 2.24. The van der Waals surface area contributed by atoms with Crippen molar-refractivity contribution in [3.63, 3.8) is 0 Å². The Morgan fingerprint density at radius 3 is 2.94 bits per heavy atom. The van der Waals surface area contributed by atoms with Gasteiger partial charge in [0.2, 0.25) is 0 Å². The summed E-state index contributed by atoms with van der Waals surface area (Å²) in [7, 11) is 0. The molecule has 1 aromatic carbocycles. The lowest BCUT2D eigenvalue weighted by molar-refractivity contribution is 0.0992. The van der Waals surface area contributed by atoms with E-state index in [0.717, 1.165) is 6.54 Å². The highest BCUT2D eigenvalue weighted by atomic mass is 19.1. The topological polar surface area (TPSA) is 64.3 Å². The van der Waals surface area contributed by atoms with Crippen molar-refractivity contribution in [1.82, 2.24) is 5.32 Å². The zero-order valence-corrected chi connectivity index (χ0v) is 9.13. The highest BCUT2D eigenvalue weighted by Crippen LogP contribution is 2.20. The molecule has 0 aliphatic heterocycles. The molecular formula is C11H15FN2O2. The number of likely N-dealkylation sites (N-methyl/N-ethyl adjacent to an activating group) is 1. The minimum absolute atomic E-state index is 0.186. The molecule has 4 nitrogen and oxygen atoms in total. The van der Waals surface area contributed by atoms with Gasteiger partial charge in [0.15, 0.2) is 0 Å². The van der Waals surface area contributed by atoms with E-state index in [9.17, 15) is 9.18 Å². The van der Waals surface area contributed by atoms with Gasteiger partial charge in [0.25, 0.3) is 5.91 Å². The molecule has 0 saturated carbocycles. The third-order valence-corrected chi connectivity index (χ3v) is 2.01. The third-order valence-electron chi connectivity index (χ3n) is 2.01. The summed E-state index contributed by atoms with van der Waals surface area (Å²) in [6, 6.07) is 4.18. The van der Waals surface area contributed by atoms with Crippen molar-refractivity contribution in [3.05, 3.63) is 29.6 Å². The highest BCUT2D eigenvalue weighted by molar-refractivity contribution is 5.95. The lowest BCUT2D eigenvalue weighted by atomic mass is 10.2. The number of nitrogens with two attached hydrogens (primary N) is 1. The molecule has 0 spiro atoms. The smallest absolute Gasteiger partial charge is 0.255 e. The van der Waals surface area contributed by atoms with Gasteiger partial charge in [0.1, 0.15) is 23.7 Å². The maximum absolute atomic E-state index is 13.3. The quantitative estimate of drug-likeness (QED) is 0.709. The Morgan fingerprint density at radius 2 is 2.31 bits per heavy atom. The number of amides is 1. The first-order valence-corrected chi connectivity index (χ1v) is 5.08. The standard InChI is InChI=1S/C11H15FN2O2/c1-2-14-6-7-16-9-5-3-4-8(12)10(9)11(13)15/h3-5,14H,2,6-7H2,1H3,(H2,13,15). The summed E-state index contributed by atoms with van der Waals surface area (Å²) < 4.78 is 18.6. The van der Waals surface area contributed by atoms with Crippen LogP contribution in [-0.2, 0) is 0 Å². The summed E-state index contributed by atoms with van der Waals surface area (Å²) in [5, 5.41) is 3.05. The summed E-state index contributed by atoms with van der Waals surface area (Å²) in [5.74, 6) is -1.30. The van der Waals surface area contributed by atoms with Gasteiger partial charge < -0.3 is 15.8 Å². The number of benzene rings is 1. The van der Waals surface area contributed by atoms with E-state index in [2.05, 4.69) is 5.32 Å². The van der Waals surface area contributed by atoms with E-state index in [0.29, 0.717) is 13.2 Å². The molecule has 88 valence electrons. The van der Waals surface area contributed by atoms with Crippen LogP contribution >= 0.6 is 0 Å². The second kappa shape index (κ2) is 6.07. The Balaban J connectivity index is 2.71. The summed E-state index contributed by atoms with van der Waals surface area (Å²) in [4.78, 5) is 11.0. The van der Waals surface area contributed by atoms with Crippen molar-refractivity contribution in [2.45, 2.75) is 6.92 Å². The molecule has 16 heavy (non-hydrogen) atoms. The first kappa shape index (κ1) is 12.4. The van der Waals surface area contributed by atoms with Crippen LogP contribution in [0.2, 0.25) is 0 Å². The zero-order chi connectivity index (χ0) is 12.0. The first-order valence-electron chi connectivity index (χ1n) is 5.08. The van der Waals surface area contributed by atoms with Gasteiger partial charge in [-0.15, -0.1) is 0 Å². The lowest BCUT2D eigenvalue weighted by Crippen LogP contribution is -2.22. The van der Waals surface area contributed by atoms with Gasteiger partial charge in [0, 0.05) is 6.54 Å². The minimum atomic E-state index is -0.823. The van der Waals surface area contributed by atoms with Crippen LogP contribution in [0.1, 0.15) is 17.3 Å². The summed E-state index contributed by atoms with van der Waals surface area (Å²) in [6.07, 6.45) is 0. The van der Waals surface area contributed by atoms with E-state index < -0.39 is 11.7 Å². The van der Waals surface area contributed by atoms with Gasteiger partial charge in [-0.05, 0) is 18.7 Å². The maximum Gasteiger partial charge on any atom is 0.255 e. The summed E-state index contributed by atoms with van der Waals surface area (Å²) in [5.41, 5.74) is 4.88. The van der Waals surface area contributed by atoms with Crippen LogP contribution in [0, 0.1) is 5.82 Å². The second-order valence-electron chi connectivity index (χ2n) is 3.18. The molecule has 0 radical (unpaired) electrons. The number of carbonyl (C=O) groups excluding carboxylic acids is 1. The number of nitrogens with one attached hydrogen (secondary N) is 1. The SMILES string of the molecule is CCNCCOc1cccc(F)c1C(N)=O. The van der Waals surface area contributed by atoms with Crippen molar-refractivity contribution in [1.29, 1.82) is 0 Å². The van der Waals surface area contributed by atoms with E-state index >= 15 is 0 Å². The Morgan fingerprint density at radius 1 is 1.56 bits per heavy atom.